The first kappa shape index (κ1) is 17.5. The molecule has 0 aliphatic heterocycles. The van der Waals surface area contributed by atoms with Crippen molar-refractivity contribution in [3.63, 3.8) is 0 Å². The Balaban J connectivity index is 1.57. The molecule has 0 radical (unpaired) electrons. The molecule has 4 rings (SSSR count). The van der Waals surface area contributed by atoms with Gasteiger partial charge < -0.3 is 19.9 Å². The van der Waals surface area contributed by atoms with E-state index in [4.69, 9.17) is 9.26 Å². The van der Waals surface area contributed by atoms with Crippen LogP contribution in [0, 0.1) is 13.8 Å². The van der Waals surface area contributed by atoms with Gasteiger partial charge in [-0.3, -0.25) is 0 Å². The van der Waals surface area contributed by atoms with E-state index in [1.54, 1.807) is 6.07 Å². The van der Waals surface area contributed by atoms with E-state index in [1.807, 2.05) is 74.5 Å². The summed E-state index contributed by atoms with van der Waals surface area (Å²) in [6.07, 6.45) is 0. The number of benzene rings is 2. The van der Waals surface area contributed by atoms with Gasteiger partial charge in [0.1, 0.15) is 17.3 Å². The Morgan fingerprint density at radius 1 is 0.821 bits per heavy atom. The highest BCUT2D eigenvalue weighted by atomic mass is 16.5. The molecular formula is C21H19N5O2. The van der Waals surface area contributed by atoms with E-state index in [1.165, 1.54) is 0 Å². The van der Waals surface area contributed by atoms with Crippen LogP contribution in [-0.4, -0.2) is 15.1 Å². The van der Waals surface area contributed by atoms with Crippen molar-refractivity contribution in [2.45, 2.75) is 13.8 Å². The van der Waals surface area contributed by atoms with Crippen molar-refractivity contribution in [1.29, 1.82) is 0 Å². The zero-order valence-corrected chi connectivity index (χ0v) is 15.5. The molecule has 7 heteroatoms. The molecule has 0 spiro atoms. The Kier molecular flexibility index (Phi) is 4.88. The summed E-state index contributed by atoms with van der Waals surface area (Å²) in [7, 11) is 0. The van der Waals surface area contributed by atoms with E-state index in [0.29, 0.717) is 23.3 Å². The highest BCUT2D eigenvalue weighted by Gasteiger charge is 2.09. The largest absolute Gasteiger partial charge is 0.455 e. The maximum absolute atomic E-state index is 5.98. The number of aryl methyl sites for hydroxylation is 2. The van der Waals surface area contributed by atoms with Crippen molar-refractivity contribution < 1.29 is 9.26 Å². The average Bonchev–Trinajstić information content (AvgIpc) is 3.08. The number of para-hydroxylation sites is 3. The summed E-state index contributed by atoms with van der Waals surface area (Å²) in [5.41, 5.74) is 1.57. The molecule has 0 aliphatic rings. The van der Waals surface area contributed by atoms with Gasteiger partial charge in [-0.1, -0.05) is 35.5 Å². The van der Waals surface area contributed by atoms with Crippen molar-refractivity contribution in [3.05, 3.63) is 78.2 Å². The lowest BCUT2D eigenvalue weighted by atomic mass is 10.3. The molecule has 2 N–H and O–H groups in total. The molecule has 0 fully saturated rings. The molecule has 0 saturated carbocycles. The smallest absolute Gasteiger partial charge is 0.229 e. The van der Waals surface area contributed by atoms with Crippen molar-refractivity contribution in [3.8, 4) is 11.5 Å². The zero-order chi connectivity index (χ0) is 19.3. The van der Waals surface area contributed by atoms with Gasteiger partial charge in [0.05, 0.1) is 5.69 Å². The monoisotopic (exact) mass is 373 g/mol. The molecule has 0 atom stereocenters. The van der Waals surface area contributed by atoms with E-state index in [-0.39, 0.29) is 0 Å². The molecule has 0 saturated heterocycles. The van der Waals surface area contributed by atoms with Crippen LogP contribution in [0.1, 0.15) is 11.5 Å². The summed E-state index contributed by atoms with van der Waals surface area (Å²) in [5.74, 6) is 3.82. The minimum atomic E-state index is 0.451. The fourth-order valence-electron chi connectivity index (χ4n) is 2.64. The second-order valence-electron chi connectivity index (χ2n) is 6.20. The summed E-state index contributed by atoms with van der Waals surface area (Å²) in [4.78, 5) is 8.97. The lowest BCUT2D eigenvalue weighted by Gasteiger charge is -2.13. The van der Waals surface area contributed by atoms with E-state index in [2.05, 4.69) is 25.8 Å². The number of rotatable bonds is 6. The molecule has 2 aromatic carbocycles. The Morgan fingerprint density at radius 2 is 1.61 bits per heavy atom. The first-order chi connectivity index (χ1) is 13.7. The third kappa shape index (κ3) is 4.27. The SMILES string of the molecule is Cc1cc(Nc2cc(C)on2)nc(Nc2ccccc2Oc2ccccc2)n1. The van der Waals surface area contributed by atoms with Gasteiger partial charge in [-0.05, 0) is 38.1 Å². The topological polar surface area (TPSA) is 85.1 Å². The summed E-state index contributed by atoms with van der Waals surface area (Å²) in [6.45, 7) is 3.73. The highest BCUT2D eigenvalue weighted by Crippen LogP contribution is 2.31. The van der Waals surface area contributed by atoms with Gasteiger partial charge in [0, 0.05) is 17.8 Å². The molecule has 28 heavy (non-hydrogen) atoms. The molecule has 0 unspecified atom stereocenters. The molecule has 2 aromatic heterocycles. The summed E-state index contributed by atoms with van der Waals surface area (Å²) in [6, 6.07) is 20.9. The molecule has 0 amide bonds. The molecule has 0 bridgehead atoms. The van der Waals surface area contributed by atoms with E-state index in [0.717, 1.165) is 22.9 Å². The Labute approximate surface area is 162 Å². The van der Waals surface area contributed by atoms with Crippen molar-refractivity contribution in [1.82, 2.24) is 15.1 Å². The lowest BCUT2D eigenvalue weighted by Crippen LogP contribution is -2.03. The number of anilines is 4. The van der Waals surface area contributed by atoms with Crippen LogP contribution in [-0.2, 0) is 0 Å². The van der Waals surface area contributed by atoms with Gasteiger partial charge in [0.25, 0.3) is 0 Å². The Hall–Kier alpha value is -3.87. The number of aromatic nitrogens is 3. The van der Waals surface area contributed by atoms with Crippen LogP contribution in [0.5, 0.6) is 11.5 Å². The van der Waals surface area contributed by atoms with Crippen molar-refractivity contribution in [2.24, 2.45) is 0 Å². The van der Waals surface area contributed by atoms with Crippen LogP contribution in [0.3, 0.4) is 0 Å². The number of nitrogens with one attached hydrogen (secondary N) is 2. The average molecular weight is 373 g/mol. The maximum Gasteiger partial charge on any atom is 0.229 e. The second-order valence-corrected chi connectivity index (χ2v) is 6.20. The standard InChI is InChI=1S/C21H19N5O2/c1-14-12-19(24-20-13-15(2)28-26-20)25-21(22-14)23-17-10-6-7-11-18(17)27-16-8-4-3-5-9-16/h3-13H,1-2H3,(H2,22,23,24,25,26). The Morgan fingerprint density at radius 3 is 2.39 bits per heavy atom. The van der Waals surface area contributed by atoms with Gasteiger partial charge in [0.2, 0.25) is 5.95 Å². The van der Waals surface area contributed by atoms with Crippen molar-refractivity contribution >= 4 is 23.3 Å². The van der Waals surface area contributed by atoms with E-state index in [9.17, 15) is 0 Å². The zero-order valence-electron chi connectivity index (χ0n) is 15.5. The number of nitrogens with zero attached hydrogens (tertiary/aromatic N) is 3. The van der Waals surface area contributed by atoms with E-state index < -0.39 is 0 Å². The quantitative estimate of drug-likeness (QED) is 0.470. The van der Waals surface area contributed by atoms with Crippen LogP contribution in [0.15, 0.2) is 71.3 Å². The maximum atomic E-state index is 5.98. The van der Waals surface area contributed by atoms with Gasteiger partial charge in [-0.25, -0.2) is 4.98 Å². The predicted molar refractivity (Wildman–Crippen MR) is 108 cm³/mol. The summed E-state index contributed by atoms with van der Waals surface area (Å²) in [5, 5.41) is 10.3. The normalized spacial score (nSPS) is 10.5. The minimum absolute atomic E-state index is 0.451. The molecule has 0 aliphatic carbocycles. The van der Waals surface area contributed by atoms with Crippen LogP contribution in [0.25, 0.3) is 0 Å². The molecule has 2 heterocycles. The van der Waals surface area contributed by atoms with Crippen molar-refractivity contribution in [2.75, 3.05) is 10.6 Å². The van der Waals surface area contributed by atoms with Gasteiger partial charge in [-0.15, -0.1) is 0 Å². The fourth-order valence-corrected chi connectivity index (χ4v) is 2.64. The predicted octanol–water partition coefficient (Wildman–Crippen LogP) is 5.36. The highest BCUT2D eigenvalue weighted by molar-refractivity contribution is 5.64. The van der Waals surface area contributed by atoms with E-state index >= 15 is 0 Å². The number of hydrogen-bond acceptors (Lipinski definition) is 7. The second kappa shape index (κ2) is 7.79. The van der Waals surface area contributed by atoms with Gasteiger partial charge in [0.15, 0.2) is 11.6 Å². The summed E-state index contributed by atoms with van der Waals surface area (Å²) >= 11 is 0. The third-order valence-electron chi connectivity index (χ3n) is 3.84. The lowest BCUT2D eigenvalue weighted by molar-refractivity contribution is 0.400. The first-order valence-corrected chi connectivity index (χ1v) is 8.81. The van der Waals surface area contributed by atoms with Crippen LogP contribution in [0.2, 0.25) is 0 Å². The van der Waals surface area contributed by atoms with Gasteiger partial charge >= 0.3 is 0 Å². The molecule has 7 nitrogen and oxygen atoms in total. The third-order valence-corrected chi connectivity index (χ3v) is 3.84. The fraction of sp³-hybridized carbons (Fsp3) is 0.0952. The van der Waals surface area contributed by atoms with Crippen LogP contribution in [0.4, 0.5) is 23.3 Å². The molecule has 4 aromatic rings. The number of hydrogen-bond donors (Lipinski definition) is 2. The number of ether oxygens (including phenoxy) is 1. The van der Waals surface area contributed by atoms with Crippen LogP contribution < -0.4 is 15.4 Å². The Bertz CT molecular complexity index is 1080. The van der Waals surface area contributed by atoms with Crippen LogP contribution >= 0.6 is 0 Å². The first-order valence-electron chi connectivity index (χ1n) is 8.81. The molecule has 140 valence electrons. The summed E-state index contributed by atoms with van der Waals surface area (Å²) < 4.78 is 11.1. The molecular weight excluding hydrogens is 354 g/mol. The minimum Gasteiger partial charge on any atom is -0.455 e. The van der Waals surface area contributed by atoms with Gasteiger partial charge in [-0.2, -0.15) is 4.98 Å².